The first kappa shape index (κ1) is 16.3. The highest BCUT2D eigenvalue weighted by atomic mass is 16.3. The second-order valence-electron chi connectivity index (χ2n) is 6.16. The normalized spacial score (nSPS) is 15.3. The number of aliphatic hydroxyl groups is 1. The molecule has 1 fully saturated rings. The minimum absolute atomic E-state index is 0.00794. The molecule has 1 saturated heterocycles. The Morgan fingerprint density at radius 1 is 1.12 bits per heavy atom. The molecule has 0 bridgehead atoms. The molecule has 2 aromatic rings. The molecule has 2 aromatic carbocycles. The van der Waals surface area contributed by atoms with E-state index < -0.39 is 0 Å². The number of nitrogens with zero attached hydrogens (tertiary/aromatic N) is 1. The molecule has 0 atom stereocenters. The standard InChI is InChI=1S/C19H22N2O3/c1-13-5-4-6-15(18(13)23)19(24)20-16-7-2-3-8-17(16)21-11-9-14(22)10-12-21/h2-8,14,22-23H,9-12H2,1H3,(H,20,24). The third-order valence-corrected chi connectivity index (χ3v) is 4.44. The lowest BCUT2D eigenvalue weighted by molar-refractivity contribution is 0.102. The number of phenols is 1. The first-order valence-electron chi connectivity index (χ1n) is 8.18. The summed E-state index contributed by atoms with van der Waals surface area (Å²) in [6, 6.07) is 12.7. The molecule has 3 rings (SSSR count). The number of hydrogen-bond acceptors (Lipinski definition) is 4. The van der Waals surface area contributed by atoms with Gasteiger partial charge in [-0.15, -0.1) is 0 Å². The Hall–Kier alpha value is -2.53. The lowest BCUT2D eigenvalue weighted by atomic mass is 10.1. The van der Waals surface area contributed by atoms with E-state index in [0.717, 1.165) is 31.6 Å². The first-order chi connectivity index (χ1) is 11.6. The van der Waals surface area contributed by atoms with E-state index in [4.69, 9.17) is 0 Å². The molecule has 1 aliphatic rings. The van der Waals surface area contributed by atoms with E-state index in [1.807, 2.05) is 24.3 Å². The van der Waals surface area contributed by atoms with E-state index in [0.29, 0.717) is 11.3 Å². The Morgan fingerprint density at radius 3 is 2.58 bits per heavy atom. The van der Waals surface area contributed by atoms with Crippen molar-refractivity contribution >= 4 is 17.3 Å². The zero-order valence-electron chi connectivity index (χ0n) is 13.7. The van der Waals surface area contributed by atoms with Crippen LogP contribution in [0.4, 0.5) is 11.4 Å². The van der Waals surface area contributed by atoms with E-state index in [-0.39, 0.29) is 23.3 Å². The third kappa shape index (κ3) is 3.36. The molecule has 0 spiro atoms. The molecule has 126 valence electrons. The van der Waals surface area contributed by atoms with E-state index in [1.54, 1.807) is 25.1 Å². The van der Waals surface area contributed by atoms with Crippen LogP contribution in [-0.2, 0) is 0 Å². The zero-order chi connectivity index (χ0) is 17.1. The van der Waals surface area contributed by atoms with E-state index in [2.05, 4.69) is 10.2 Å². The van der Waals surface area contributed by atoms with Gasteiger partial charge >= 0.3 is 0 Å². The Morgan fingerprint density at radius 2 is 1.83 bits per heavy atom. The highest BCUT2D eigenvalue weighted by molar-refractivity contribution is 6.07. The minimum Gasteiger partial charge on any atom is -0.507 e. The molecule has 1 heterocycles. The monoisotopic (exact) mass is 326 g/mol. The van der Waals surface area contributed by atoms with Crippen LogP contribution in [0.3, 0.4) is 0 Å². The number of rotatable bonds is 3. The number of anilines is 2. The molecule has 3 N–H and O–H groups in total. The summed E-state index contributed by atoms with van der Waals surface area (Å²) in [4.78, 5) is 14.7. The van der Waals surface area contributed by atoms with Crippen LogP contribution in [0.15, 0.2) is 42.5 Å². The molecule has 0 aliphatic carbocycles. The smallest absolute Gasteiger partial charge is 0.259 e. The fourth-order valence-electron chi connectivity index (χ4n) is 2.99. The molecule has 0 radical (unpaired) electrons. The van der Waals surface area contributed by atoms with Crippen molar-refractivity contribution in [1.29, 1.82) is 0 Å². The molecular formula is C19H22N2O3. The van der Waals surface area contributed by atoms with E-state index >= 15 is 0 Å². The van der Waals surface area contributed by atoms with E-state index in [1.165, 1.54) is 0 Å². The van der Waals surface area contributed by atoms with Gasteiger partial charge in [0.25, 0.3) is 5.91 Å². The zero-order valence-corrected chi connectivity index (χ0v) is 13.7. The van der Waals surface area contributed by atoms with Gasteiger partial charge in [0.15, 0.2) is 0 Å². The average molecular weight is 326 g/mol. The Bertz CT molecular complexity index is 737. The van der Waals surface area contributed by atoms with Crippen molar-refractivity contribution in [3.05, 3.63) is 53.6 Å². The van der Waals surface area contributed by atoms with Gasteiger partial charge < -0.3 is 20.4 Å². The van der Waals surface area contributed by atoms with E-state index in [9.17, 15) is 15.0 Å². The van der Waals surface area contributed by atoms with Crippen LogP contribution in [0.5, 0.6) is 5.75 Å². The molecule has 0 aromatic heterocycles. The topological polar surface area (TPSA) is 72.8 Å². The summed E-state index contributed by atoms with van der Waals surface area (Å²) >= 11 is 0. The van der Waals surface area contributed by atoms with Gasteiger partial charge in [-0.1, -0.05) is 24.3 Å². The fourth-order valence-corrected chi connectivity index (χ4v) is 2.99. The van der Waals surface area contributed by atoms with Gasteiger partial charge in [-0.05, 0) is 43.5 Å². The van der Waals surface area contributed by atoms with Crippen molar-refractivity contribution in [3.8, 4) is 5.75 Å². The second kappa shape index (κ2) is 6.93. The number of benzene rings is 2. The number of piperidine rings is 1. The van der Waals surface area contributed by atoms with Crippen LogP contribution in [0, 0.1) is 6.92 Å². The molecule has 5 nitrogen and oxygen atoms in total. The first-order valence-corrected chi connectivity index (χ1v) is 8.18. The minimum atomic E-state index is -0.333. The number of aromatic hydroxyl groups is 1. The van der Waals surface area contributed by atoms with Crippen LogP contribution >= 0.6 is 0 Å². The Labute approximate surface area is 141 Å². The van der Waals surface area contributed by atoms with Crippen molar-refractivity contribution in [3.63, 3.8) is 0 Å². The Kier molecular flexibility index (Phi) is 4.71. The van der Waals surface area contributed by atoms with Crippen molar-refractivity contribution in [2.75, 3.05) is 23.3 Å². The lowest BCUT2D eigenvalue weighted by Crippen LogP contribution is -2.36. The van der Waals surface area contributed by atoms with Crippen LogP contribution < -0.4 is 10.2 Å². The number of carbonyl (C=O) groups is 1. The summed E-state index contributed by atoms with van der Waals surface area (Å²) < 4.78 is 0. The molecule has 1 aliphatic heterocycles. The van der Waals surface area contributed by atoms with Gasteiger partial charge in [-0.3, -0.25) is 4.79 Å². The lowest BCUT2D eigenvalue weighted by Gasteiger charge is -2.32. The largest absolute Gasteiger partial charge is 0.507 e. The number of para-hydroxylation sites is 3. The number of aryl methyl sites for hydroxylation is 1. The van der Waals surface area contributed by atoms with Crippen molar-refractivity contribution in [2.45, 2.75) is 25.9 Å². The summed E-state index contributed by atoms with van der Waals surface area (Å²) in [5.74, 6) is -0.325. The van der Waals surface area contributed by atoms with Crippen molar-refractivity contribution in [1.82, 2.24) is 0 Å². The summed E-state index contributed by atoms with van der Waals surface area (Å²) in [6.45, 7) is 3.27. The SMILES string of the molecule is Cc1cccc(C(=O)Nc2ccccc2N2CCC(O)CC2)c1O. The van der Waals surface area contributed by atoms with Gasteiger partial charge in [-0.25, -0.2) is 0 Å². The summed E-state index contributed by atoms with van der Waals surface area (Å²) in [7, 11) is 0. The maximum atomic E-state index is 12.5. The van der Waals surface area contributed by atoms with Crippen LogP contribution in [0.2, 0.25) is 0 Å². The van der Waals surface area contributed by atoms with Gasteiger partial charge in [-0.2, -0.15) is 0 Å². The predicted octanol–water partition coefficient (Wildman–Crippen LogP) is 2.91. The fraction of sp³-hybridized carbons (Fsp3) is 0.316. The number of aliphatic hydroxyl groups excluding tert-OH is 1. The Balaban J connectivity index is 1.83. The van der Waals surface area contributed by atoms with Crippen molar-refractivity contribution < 1.29 is 15.0 Å². The van der Waals surface area contributed by atoms with Crippen LogP contribution in [-0.4, -0.2) is 35.3 Å². The molecule has 5 heteroatoms. The maximum absolute atomic E-state index is 12.5. The van der Waals surface area contributed by atoms with Gasteiger partial charge in [0.2, 0.25) is 0 Å². The molecular weight excluding hydrogens is 304 g/mol. The number of carbonyl (C=O) groups excluding carboxylic acids is 1. The van der Waals surface area contributed by atoms with Gasteiger partial charge in [0, 0.05) is 13.1 Å². The number of phenolic OH excluding ortho intramolecular Hbond substituents is 1. The number of amides is 1. The average Bonchev–Trinajstić information content (AvgIpc) is 2.58. The van der Waals surface area contributed by atoms with Gasteiger partial charge in [0.1, 0.15) is 5.75 Å². The summed E-state index contributed by atoms with van der Waals surface area (Å²) in [5, 5.41) is 22.7. The van der Waals surface area contributed by atoms with Crippen LogP contribution in [0.25, 0.3) is 0 Å². The predicted molar refractivity (Wildman–Crippen MR) is 94.7 cm³/mol. The summed E-state index contributed by atoms with van der Waals surface area (Å²) in [5.41, 5.74) is 2.57. The highest BCUT2D eigenvalue weighted by Crippen LogP contribution is 2.30. The molecule has 1 amide bonds. The quantitative estimate of drug-likeness (QED) is 0.811. The van der Waals surface area contributed by atoms with Crippen LogP contribution in [0.1, 0.15) is 28.8 Å². The van der Waals surface area contributed by atoms with Crippen molar-refractivity contribution in [2.24, 2.45) is 0 Å². The molecule has 0 unspecified atom stereocenters. The number of hydrogen-bond donors (Lipinski definition) is 3. The molecule has 0 saturated carbocycles. The summed E-state index contributed by atoms with van der Waals surface area (Å²) in [6.07, 6.45) is 1.20. The second-order valence-corrected chi connectivity index (χ2v) is 6.16. The highest BCUT2D eigenvalue weighted by Gasteiger charge is 2.20. The number of nitrogens with one attached hydrogen (secondary N) is 1. The van der Waals surface area contributed by atoms with Gasteiger partial charge in [0.05, 0.1) is 23.0 Å². The third-order valence-electron chi connectivity index (χ3n) is 4.44. The molecule has 24 heavy (non-hydrogen) atoms. The maximum Gasteiger partial charge on any atom is 0.259 e.